The summed E-state index contributed by atoms with van der Waals surface area (Å²) in [4.78, 5) is 13.9. The van der Waals surface area contributed by atoms with E-state index >= 15 is 0 Å². The van der Waals surface area contributed by atoms with E-state index in [0.717, 1.165) is 12.8 Å². The summed E-state index contributed by atoms with van der Waals surface area (Å²) < 4.78 is 0. The molecule has 2 N–H and O–H groups in total. The van der Waals surface area contributed by atoms with E-state index in [-0.39, 0.29) is 31.2 Å². The molecule has 0 radical (unpaired) electrons. The lowest BCUT2D eigenvalue weighted by molar-refractivity contribution is -0.137. The van der Waals surface area contributed by atoms with Crippen LogP contribution in [-0.4, -0.2) is 46.3 Å². The number of hydrogen-bond acceptors (Lipinski definition) is 3. The molecular formula is C18H37NO3. The van der Waals surface area contributed by atoms with Crippen LogP contribution in [-0.2, 0) is 4.79 Å². The van der Waals surface area contributed by atoms with Crippen molar-refractivity contribution in [2.45, 2.75) is 97.1 Å². The van der Waals surface area contributed by atoms with Crippen LogP contribution >= 0.6 is 0 Å². The van der Waals surface area contributed by atoms with Crippen molar-refractivity contribution >= 4 is 5.91 Å². The molecule has 0 heterocycles. The Morgan fingerprint density at radius 3 is 1.64 bits per heavy atom. The molecule has 0 aromatic rings. The Kier molecular flexibility index (Phi) is 13.6. The Morgan fingerprint density at radius 1 is 0.818 bits per heavy atom. The molecule has 0 fully saturated rings. The number of carbonyl (C=O) groups excluding carboxylic acids is 1. The summed E-state index contributed by atoms with van der Waals surface area (Å²) in [6.07, 6.45) is 11.6. The van der Waals surface area contributed by atoms with Crippen molar-refractivity contribution in [1.29, 1.82) is 0 Å². The Bertz CT molecular complexity index is 261. The molecular weight excluding hydrogens is 278 g/mol. The highest BCUT2D eigenvalue weighted by Gasteiger charge is 2.23. The first-order valence-electron chi connectivity index (χ1n) is 9.11. The van der Waals surface area contributed by atoms with Crippen LogP contribution < -0.4 is 0 Å². The summed E-state index contributed by atoms with van der Waals surface area (Å²) in [5, 5.41) is 18.5. The van der Waals surface area contributed by atoms with Crippen LogP contribution in [0.3, 0.4) is 0 Å². The van der Waals surface area contributed by atoms with Crippen molar-refractivity contribution in [3.63, 3.8) is 0 Å². The predicted octanol–water partition coefficient (Wildman–Crippen LogP) is 3.50. The van der Waals surface area contributed by atoms with Crippen molar-refractivity contribution in [1.82, 2.24) is 4.90 Å². The van der Waals surface area contributed by atoms with E-state index in [9.17, 15) is 15.0 Å². The Balaban J connectivity index is 3.81. The third-order valence-electron chi connectivity index (χ3n) is 4.26. The second-order valence-electron chi connectivity index (χ2n) is 6.44. The highest BCUT2D eigenvalue weighted by molar-refractivity contribution is 5.76. The van der Waals surface area contributed by atoms with Gasteiger partial charge in [-0.2, -0.15) is 0 Å². The van der Waals surface area contributed by atoms with Gasteiger partial charge in [-0.15, -0.1) is 0 Å². The maximum absolute atomic E-state index is 12.3. The molecule has 4 nitrogen and oxygen atoms in total. The third-order valence-corrected chi connectivity index (χ3v) is 4.26. The molecule has 0 aliphatic carbocycles. The van der Waals surface area contributed by atoms with Gasteiger partial charge < -0.3 is 15.1 Å². The molecule has 1 amide bonds. The number of carbonyl (C=O) groups is 1. The fraction of sp³-hybridized carbons (Fsp3) is 0.944. The molecule has 0 saturated carbocycles. The van der Waals surface area contributed by atoms with E-state index in [1.165, 1.54) is 44.9 Å². The number of rotatable bonds is 14. The quantitative estimate of drug-likeness (QED) is 0.482. The van der Waals surface area contributed by atoms with Gasteiger partial charge in [0.1, 0.15) is 0 Å². The number of aliphatic hydroxyl groups excluding tert-OH is 2. The van der Waals surface area contributed by atoms with Crippen molar-refractivity contribution in [3.05, 3.63) is 0 Å². The van der Waals surface area contributed by atoms with Crippen molar-refractivity contribution in [2.75, 3.05) is 13.2 Å². The molecule has 0 saturated heterocycles. The summed E-state index contributed by atoms with van der Waals surface area (Å²) in [7, 11) is 0. The van der Waals surface area contributed by atoms with Crippen LogP contribution in [0.25, 0.3) is 0 Å². The minimum absolute atomic E-state index is 0.0473. The molecule has 0 bridgehead atoms. The summed E-state index contributed by atoms with van der Waals surface area (Å²) in [5.74, 6) is 0.0473. The van der Waals surface area contributed by atoms with Crippen LogP contribution in [0.1, 0.15) is 85.0 Å². The van der Waals surface area contributed by atoms with E-state index in [1.54, 1.807) is 4.90 Å². The van der Waals surface area contributed by atoms with Crippen molar-refractivity contribution in [2.24, 2.45) is 0 Å². The predicted molar refractivity (Wildman–Crippen MR) is 91.8 cm³/mol. The SMILES string of the molecule is CCCCCCCCCCCC(=O)N(C(C)CO)C(C)CO. The minimum atomic E-state index is -0.229. The fourth-order valence-electron chi connectivity index (χ4n) is 2.82. The molecule has 22 heavy (non-hydrogen) atoms. The zero-order valence-electron chi connectivity index (χ0n) is 14.9. The Labute approximate surface area is 136 Å². The van der Waals surface area contributed by atoms with E-state index < -0.39 is 0 Å². The number of unbranched alkanes of at least 4 members (excludes halogenated alkanes) is 8. The molecule has 0 spiro atoms. The van der Waals surface area contributed by atoms with Gasteiger partial charge >= 0.3 is 0 Å². The lowest BCUT2D eigenvalue weighted by atomic mass is 10.1. The minimum Gasteiger partial charge on any atom is -0.394 e. The Morgan fingerprint density at radius 2 is 1.23 bits per heavy atom. The molecule has 0 aromatic carbocycles. The van der Waals surface area contributed by atoms with Gasteiger partial charge in [-0.1, -0.05) is 58.3 Å². The smallest absolute Gasteiger partial charge is 0.223 e. The van der Waals surface area contributed by atoms with Crippen LogP contribution in [0.4, 0.5) is 0 Å². The Hall–Kier alpha value is -0.610. The first kappa shape index (κ1) is 21.4. The van der Waals surface area contributed by atoms with E-state index in [2.05, 4.69) is 6.92 Å². The molecule has 132 valence electrons. The lowest BCUT2D eigenvalue weighted by Gasteiger charge is -2.33. The second-order valence-corrected chi connectivity index (χ2v) is 6.44. The number of amides is 1. The molecule has 2 atom stereocenters. The average molecular weight is 315 g/mol. The van der Waals surface area contributed by atoms with Gasteiger partial charge in [0.2, 0.25) is 5.91 Å². The van der Waals surface area contributed by atoms with Crippen molar-refractivity contribution in [3.8, 4) is 0 Å². The van der Waals surface area contributed by atoms with E-state index in [1.807, 2.05) is 13.8 Å². The van der Waals surface area contributed by atoms with Crippen LogP contribution in [0.2, 0.25) is 0 Å². The number of hydrogen-bond donors (Lipinski definition) is 2. The topological polar surface area (TPSA) is 60.8 Å². The number of nitrogens with zero attached hydrogens (tertiary/aromatic N) is 1. The van der Waals surface area contributed by atoms with Crippen LogP contribution in [0.15, 0.2) is 0 Å². The van der Waals surface area contributed by atoms with Gasteiger partial charge in [0, 0.05) is 6.42 Å². The highest BCUT2D eigenvalue weighted by atomic mass is 16.3. The average Bonchev–Trinajstić information content (AvgIpc) is 2.52. The molecule has 0 aliphatic heterocycles. The zero-order chi connectivity index (χ0) is 16.8. The zero-order valence-corrected chi connectivity index (χ0v) is 14.9. The summed E-state index contributed by atoms with van der Waals surface area (Å²) in [5.41, 5.74) is 0. The number of aliphatic hydroxyl groups is 2. The normalized spacial score (nSPS) is 13.9. The lowest BCUT2D eigenvalue weighted by Crippen LogP contribution is -2.47. The summed E-state index contributed by atoms with van der Waals surface area (Å²) in [6, 6.07) is -0.457. The van der Waals surface area contributed by atoms with Gasteiger partial charge in [-0.3, -0.25) is 4.79 Å². The maximum Gasteiger partial charge on any atom is 0.223 e. The highest BCUT2D eigenvalue weighted by Crippen LogP contribution is 2.13. The molecule has 2 unspecified atom stereocenters. The van der Waals surface area contributed by atoms with Gasteiger partial charge in [0.15, 0.2) is 0 Å². The summed E-state index contributed by atoms with van der Waals surface area (Å²) >= 11 is 0. The molecule has 0 aliphatic rings. The van der Waals surface area contributed by atoms with Gasteiger partial charge in [0.05, 0.1) is 25.3 Å². The second kappa shape index (κ2) is 14.0. The van der Waals surface area contributed by atoms with Crippen molar-refractivity contribution < 1.29 is 15.0 Å². The molecule has 0 rings (SSSR count). The van der Waals surface area contributed by atoms with E-state index in [4.69, 9.17) is 0 Å². The van der Waals surface area contributed by atoms with Crippen LogP contribution in [0, 0.1) is 0 Å². The first-order chi connectivity index (χ1) is 10.6. The van der Waals surface area contributed by atoms with Crippen LogP contribution in [0.5, 0.6) is 0 Å². The third kappa shape index (κ3) is 9.42. The van der Waals surface area contributed by atoms with E-state index in [0.29, 0.717) is 6.42 Å². The molecule has 0 aromatic heterocycles. The largest absolute Gasteiger partial charge is 0.394 e. The summed E-state index contributed by atoms with van der Waals surface area (Å²) in [6.45, 7) is 5.75. The standard InChI is InChI=1S/C18H37NO3/c1-4-5-6-7-8-9-10-11-12-13-18(22)19(16(2)14-20)17(3)15-21/h16-17,20-21H,4-15H2,1-3H3. The molecule has 4 heteroatoms. The first-order valence-corrected chi connectivity index (χ1v) is 9.11. The van der Waals surface area contributed by atoms with Gasteiger partial charge in [-0.25, -0.2) is 0 Å². The fourth-order valence-corrected chi connectivity index (χ4v) is 2.82. The monoisotopic (exact) mass is 315 g/mol. The maximum atomic E-state index is 12.3. The van der Waals surface area contributed by atoms with Gasteiger partial charge in [0.25, 0.3) is 0 Å². The van der Waals surface area contributed by atoms with Gasteiger partial charge in [-0.05, 0) is 20.3 Å².